The number of rotatable bonds is 6. The van der Waals surface area contributed by atoms with Crippen molar-refractivity contribution in [1.29, 1.82) is 0 Å². The van der Waals surface area contributed by atoms with Crippen molar-refractivity contribution in [1.82, 2.24) is 20.2 Å². The Kier molecular flexibility index (Phi) is 7.03. The first-order chi connectivity index (χ1) is 14.3. The van der Waals surface area contributed by atoms with Crippen LogP contribution in [0.5, 0.6) is 0 Å². The Morgan fingerprint density at radius 1 is 1.07 bits per heavy atom. The van der Waals surface area contributed by atoms with Crippen molar-refractivity contribution < 1.29 is 9.59 Å². The first-order valence-corrected chi connectivity index (χ1v) is 10.6. The van der Waals surface area contributed by atoms with Crippen LogP contribution in [0.4, 0.5) is 5.82 Å². The van der Waals surface area contributed by atoms with Gasteiger partial charge in [0.1, 0.15) is 11.6 Å². The number of carbonyl (C=O) groups excluding carboxylic acids is 2. The van der Waals surface area contributed by atoms with Gasteiger partial charge in [0.25, 0.3) is 5.91 Å². The lowest BCUT2D eigenvalue weighted by Gasteiger charge is -2.35. The quantitative estimate of drug-likeness (QED) is 0.794. The van der Waals surface area contributed by atoms with Gasteiger partial charge in [0.05, 0.1) is 0 Å². The Morgan fingerprint density at radius 3 is 2.43 bits per heavy atom. The molecule has 2 amide bonds. The van der Waals surface area contributed by atoms with Crippen LogP contribution in [0, 0.1) is 13.8 Å². The number of benzene rings is 1. The first-order valence-electron chi connectivity index (χ1n) is 10.6. The molecular weight excluding hydrogens is 378 g/mol. The van der Waals surface area contributed by atoms with E-state index in [4.69, 9.17) is 4.98 Å². The van der Waals surface area contributed by atoms with Crippen molar-refractivity contribution in [2.24, 2.45) is 0 Å². The number of aryl methyl sites for hydroxylation is 2. The molecule has 1 aromatic heterocycles. The molecule has 0 aliphatic carbocycles. The van der Waals surface area contributed by atoms with Gasteiger partial charge in [-0.25, -0.2) is 9.97 Å². The Morgan fingerprint density at radius 2 is 1.77 bits per heavy atom. The summed E-state index contributed by atoms with van der Waals surface area (Å²) in [5.74, 6) is 2.00. The number of carbonyl (C=O) groups is 2. The van der Waals surface area contributed by atoms with E-state index >= 15 is 0 Å². The van der Waals surface area contributed by atoms with E-state index in [-0.39, 0.29) is 17.7 Å². The van der Waals surface area contributed by atoms with Crippen LogP contribution in [0.2, 0.25) is 0 Å². The fourth-order valence-corrected chi connectivity index (χ4v) is 3.54. The van der Waals surface area contributed by atoms with Gasteiger partial charge in [-0.2, -0.15) is 0 Å². The molecule has 1 aromatic carbocycles. The fourth-order valence-electron chi connectivity index (χ4n) is 3.54. The molecule has 160 valence electrons. The molecule has 0 radical (unpaired) electrons. The Bertz CT molecular complexity index is 904. The molecule has 30 heavy (non-hydrogen) atoms. The maximum absolute atomic E-state index is 12.6. The Hall–Kier alpha value is -2.96. The molecule has 2 aromatic rings. The molecular formula is C23H31N5O2. The zero-order valence-corrected chi connectivity index (χ0v) is 18.3. The summed E-state index contributed by atoms with van der Waals surface area (Å²) in [6.07, 6.45) is 0.307. The molecule has 1 fully saturated rings. The molecule has 1 saturated heterocycles. The predicted molar refractivity (Wildman–Crippen MR) is 118 cm³/mol. The van der Waals surface area contributed by atoms with E-state index < -0.39 is 0 Å². The van der Waals surface area contributed by atoms with Crippen LogP contribution in [-0.4, -0.2) is 59.4 Å². The smallest absolute Gasteiger partial charge is 0.251 e. The number of aromatic nitrogens is 2. The maximum atomic E-state index is 12.6. The topological polar surface area (TPSA) is 78.4 Å². The fraction of sp³-hybridized carbons (Fsp3) is 0.478. The first kappa shape index (κ1) is 21.7. The molecule has 1 aliphatic heterocycles. The zero-order valence-electron chi connectivity index (χ0n) is 18.3. The van der Waals surface area contributed by atoms with E-state index in [1.807, 2.05) is 43.0 Å². The second-order valence-electron chi connectivity index (χ2n) is 8.07. The average molecular weight is 410 g/mol. The molecule has 2 heterocycles. The van der Waals surface area contributed by atoms with E-state index in [2.05, 4.69) is 29.0 Å². The normalized spacial score (nSPS) is 14.2. The molecule has 1 N–H and O–H groups in total. The van der Waals surface area contributed by atoms with Crippen LogP contribution in [0.15, 0.2) is 30.3 Å². The second kappa shape index (κ2) is 9.69. The number of nitrogens with one attached hydrogen (secondary N) is 1. The number of nitrogens with zero attached hydrogens (tertiary/aromatic N) is 4. The van der Waals surface area contributed by atoms with Gasteiger partial charge in [-0.05, 0) is 25.5 Å². The highest BCUT2D eigenvalue weighted by atomic mass is 16.2. The van der Waals surface area contributed by atoms with E-state index in [1.54, 1.807) is 6.07 Å². The highest BCUT2D eigenvalue weighted by Crippen LogP contribution is 2.19. The number of piperazine rings is 1. The molecule has 0 unspecified atom stereocenters. The van der Waals surface area contributed by atoms with Crippen molar-refractivity contribution >= 4 is 17.6 Å². The standard InChI is InChI=1S/C23H31N5O2/c1-16(2)22-25-18(4)15-20(26-22)27-11-13-28(14-12-27)21(29)9-10-24-23(30)19-8-6-5-7-17(19)3/h5-8,15-16H,9-14H2,1-4H3,(H,24,30). The van der Waals surface area contributed by atoms with Crippen molar-refractivity contribution in [3.8, 4) is 0 Å². The van der Waals surface area contributed by atoms with Crippen molar-refractivity contribution in [2.45, 2.75) is 40.0 Å². The number of hydrogen-bond acceptors (Lipinski definition) is 5. The minimum atomic E-state index is -0.134. The van der Waals surface area contributed by atoms with Gasteiger partial charge < -0.3 is 15.1 Å². The summed E-state index contributed by atoms with van der Waals surface area (Å²) < 4.78 is 0. The summed E-state index contributed by atoms with van der Waals surface area (Å²) in [6.45, 7) is 11.2. The SMILES string of the molecule is Cc1cc(N2CCN(C(=O)CCNC(=O)c3ccccc3C)CC2)nc(C(C)C)n1. The number of amides is 2. The zero-order chi connectivity index (χ0) is 21.7. The predicted octanol–water partition coefficient (Wildman–Crippen LogP) is 2.69. The lowest BCUT2D eigenvalue weighted by atomic mass is 10.1. The van der Waals surface area contributed by atoms with Gasteiger partial charge in [-0.3, -0.25) is 9.59 Å². The van der Waals surface area contributed by atoms with Crippen molar-refractivity contribution in [3.05, 3.63) is 53.0 Å². The molecule has 0 saturated carbocycles. The third kappa shape index (κ3) is 5.34. The summed E-state index contributed by atoms with van der Waals surface area (Å²) in [5.41, 5.74) is 2.55. The van der Waals surface area contributed by atoms with Gasteiger partial charge in [0, 0.05) is 62.4 Å². The van der Waals surface area contributed by atoms with E-state index in [9.17, 15) is 9.59 Å². The summed E-state index contributed by atoms with van der Waals surface area (Å²) in [7, 11) is 0. The lowest BCUT2D eigenvalue weighted by molar-refractivity contribution is -0.131. The summed E-state index contributed by atoms with van der Waals surface area (Å²) in [4.78, 5) is 38.1. The van der Waals surface area contributed by atoms with E-state index in [0.717, 1.165) is 36.0 Å². The van der Waals surface area contributed by atoms with Gasteiger partial charge >= 0.3 is 0 Å². The van der Waals surface area contributed by atoms with Crippen LogP contribution >= 0.6 is 0 Å². The van der Waals surface area contributed by atoms with Crippen LogP contribution < -0.4 is 10.2 Å². The van der Waals surface area contributed by atoms with Crippen LogP contribution in [0.25, 0.3) is 0 Å². The van der Waals surface area contributed by atoms with Crippen LogP contribution in [-0.2, 0) is 4.79 Å². The minimum absolute atomic E-state index is 0.0708. The van der Waals surface area contributed by atoms with Crippen LogP contribution in [0.1, 0.15) is 53.6 Å². The maximum Gasteiger partial charge on any atom is 0.251 e. The monoisotopic (exact) mass is 409 g/mol. The Labute approximate surface area is 178 Å². The molecule has 7 nitrogen and oxygen atoms in total. The Balaban J connectivity index is 1.48. The highest BCUT2D eigenvalue weighted by Gasteiger charge is 2.22. The number of hydrogen-bond donors (Lipinski definition) is 1. The molecule has 0 atom stereocenters. The van der Waals surface area contributed by atoms with Gasteiger partial charge in [0.2, 0.25) is 5.91 Å². The van der Waals surface area contributed by atoms with Gasteiger partial charge in [0.15, 0.2) is 0 Å². The highest BCUT2D eigenvalue weighted by molar-refractivity contribution is 5.95. The molecule has 7 heteroatoms. The summed E-state index contributed by atoms with van der Waals surface area (Å²) in [5, 5.41) is 2.85. The minimum Gasteiger partial charge on any atom is -0.353 e. The third-order valence-electron chi connectivity index (χ3n) is 5.34. The van der Waals surface area contributed by atoms with Gasteiger partial charge in [-0.15, -0.1) is 0 Å². The second-order valence-corrected chi connectivity index (χ2v) is 8.07. The summed E-state index contributed by atoms with van der Waals surface area (Å²) in [6, 6.07) is 9.45. The van der Waals surface area contributed by atoms with Crippen LogP contribution in [0.3, 0.4) is 0 Å². The average Bonchev–Trinajstić information content (AvgIpc) is 2.73. The largest absolute Gasteiger partial charge is 0.353 e. The van der Waals surface area contributed by atoms with Crippen molar-refractivity contribution in [2.75, 3.05) is 37.6 Å². The molecule has 3 rings (SSSR count). The number of anilines is 1. The summed E-state index contributed by atoms with van der Waals surface area (Å²) >= 11 is 0. The third-order valence-corrected chi connectivity index (χ3v) is 5.34. The van der Waals surface area contributed by atoms with Gasteiger partial charge in [-0.1, -0.05) is 32.0 Å². The lowest BCUT2D eigenvalue weighted by Crippen LogP contribution is -2.49. The van der Waals surface area contributed by atoms with Crippen molar-refractivity contribution in [3.63, 3.8) is 0 Å². The van der Waals surface area contributed by atoms with E-state index in [1.165, 1.54) is 0 Å². The molecule has 1 aliphatic rings. The van der Waals surface area contributed by atoms with E-state index in [0.29, 0.717) is 31.6 Å². The molecule has 0 spiro atoms. The molecule has 0 bridgehead atoms.